The highest BCUT2D eigenvalue weighted by Crippen LogP contribution is 2.27. The standard InChI is InChI=1S/C32H42N6O/c1-21(39-20-22-6-3-2-4-7-22)30(33)32-36-19-29(38-32)26-15-11-24(12-16-26)23-9-13-25(14-10-23)28-18-35-31(37-28)27-8-5-17-34-27/h2-4,6-7,9-16,21,27-32,34-38H,5,8,17-20,33H2,1H3. The van der Waals surface area contributed by atoms with Gasteiger partial charge in [0.25, 0.3) is 0 Å². The van der Waals surface area contributed by atoms with Crippen LogP contribution in [0, 0.1) is 0 Å². The van der Waals surface area contributed by atoms with Crippen molar-refractivity contribution in [2.45, 2.75) is 69.0 Å². The Kier molecular flexibility index (Phi) is 8.37. The predicted molar refractivity (Wildman–Crippen MR) is 157 cm³/mol. The molecule has 0 amide bonds. The number of hydrogen-bond donors (Lipinski definition) is 6. The van der Waals surface area contributed by atoms with Gasteiger partial charge in [-0.1, -0.05) is 78.9 Å². The molecule has 7 atom stereocenters. The van der Waals surface area contributed by atoms with Gasteiger partial charge in [-0.25, -0.2) is 0 Å². The summed E-state index contributed by atoms with van der Waals surface area (Å²) in [6.45, 7) is 5.57. The summed E-state index contributed by atoms with van der Waals surface area (Å²) in [6, 6.07) is 29.1. The Hall–Kier alpha value is -2.62. The van der Waals surface area contributed by atoms with E-state index in [1.807, 2.05) is 18.2 Å². The molecule has 3 aliphatic heterocycles. The minimum absolute atomic E-state index is 0.00993. The van der Waals surface area contributed by atoms with Gasteiger partial charge in [0.15, 0.2) is 0 Å². The van der Waals surface area contributed by atoms with Gasteiger partial charge >= 0.3 is 0 Å². The summed E-state index contributed by atoms with van der Waals surface area (Å²) in [4.78, 5) is 0. The fourth-order valence-electron chi connectivity index (χ4n) is 6.09. The fourth-order valence-corrected chi connectivity index (χ4v) is 6.09. The van der Waals surface area contributed by atoms with Crippen LogP contribution in [-0.4, -0.2) is 50.2 Å². The second-order valence-electron chi connectivity index (χ2n) is 11.2. The zero-order valence-electron chi connectivity index (χ0n) is 22.8. The van der Waals surface area contributed by atoms with Gasteiger partial charge in [-0.2, -0.15) is 0 Å². The number of ether oxygens (including phenoxy) is 1. The molecule has 0 radical (unpaired) electrons. The summed E-state index contributed by atoms with van der Waals surface area (Å²) < 4.78 is 6.06. The Morgan fingerprint density at radius 2 is 1.44 bits per heavy atom. The highest BCUT2D eigenvalue weighted by molar-refractivity contribution is 5.64. The number of nitrogens with one attached hydrogen (secondary N) is 5. The van der Waals surface area contributed by atoms with Crippen molar-refractivity contribution >= 4 is 0 Å². The smallest absolute Gasteiger partial charge is 0.0759 e. The van der Waals surface area contributed by atoms with E-state index in [2.05, 4.69) is 94.2 Å². The summed E-state index contributed by atoms with van der Waals surface area (Å²) in [5.74, 6) is 0. The van der Waals surface area contributed by atoms with E-state index >= 15 is 0 Å². The largest absolute Gasteiger partial charge is 0.372 e. The quantitative estimate of drug-likeness (QED) is 0.255. The second-order valence-corrected chi connectivity index (χ2v) is 11.2. The topological polar surface area (TPSA) is 95.4 Å². The molecule has 3 aromatic rings. The monoisotopic (exact) mass is 526 g/mol. The molecule has 3 heterocycles. The molecular weight excluding hydrogens is 484 g/mol. The Balaban J connectivity index is 1.01. The average molecular weight is 527 g/mol. The van der Waals surface area contributed by atoms with Crippen LogP contribution in [0.25, 0.3) is 11.1 Å². The van der Waals surface area contributed by atoms with Gasteiger partial charge in [0.1, 0.15) is 0 Å². The van der Waals surface area contributed by atoms with Crippen molar-refractivity contribution in [1.29, 1.82) is 0 Å². The van der Waals surface area contributed by atoms with E-state index in [-0.39, 0.29) is 24.4 Å². The van der Waals surface area contributed by atoms with E-state index in [1.165, 1.54) is 35.1 Å². The molecule has 3 saturated heterocycles. The molecule has 3 aromatic carbocycles. The van der Waals surface area contributed by atoms with Crippen LogP contribution in [0.4, 0.5) is 0 Å². The highest BCUT2D eigenvalue weighted by Gasteiger charge is 2.33. The Morgan fingerprint density at radius 1 is 0.795 bits per heavy atom. The van der Waals surface area contributed by atoms with Crippen molar-refractivity contribution in [2.75, 3.05) is 19.6 Å². The van der Waals surface area contributed by atoms with E-state index in [0.29, 0.717) is 24.9 Å². The van der Waals surface area contributed by atoms with Gasteiger partial charge in [-0.15, -0.1) is 0 Å². The van der Waals surface area contributed by atoms with Crippen LogP contribution in [0.3, 0.4) is 0 Å². The molecule has 3 fully saturated rings. The Bertz CT molecular complexity index is 1180. The fraction of sp³-hybridized carbons (Fsp3) is 0.438. The van der Waals surface area contributed by atoms with Crippen LogP contribution in [0.5, 0.6) is 0 Å². The van der Waals surface area contributed by atoms with Crippen LogP contribution < -0.4 is 32.3 Å². The molecule has 7 N–H and O–H groups in total. The van der Waals surface area contributed by atoms with Crippen LogP contribution in [0.1, 0.15) is 48.5 Å². The lowest BCUT2D eigenvalue weighted by molar-refractivity contribution is 0.0267. The first-order valence-corrected chi connectivity index (χ1v) is 14.5. The molecule has 6 rings (SSSR count). The van der Waals surface area contributed by atoms with Crippen molar-refractivity contribution in [3.8, 4) is 11.1 Å². The first kappa shape index (κ1) is 26.6. The molecule has 0 aromatic heterocycles. The first-order chi connectivity index (χ1) is 19.1. The summed E-state index contributed by atoms with van der Waals surface area (Å²) in [7, 11) is 0. The molecule has 7 unspecified atom stereocenters. The molecule has 0 spiro atoms. The molecule has 206 valence electrons. The van der Waals surface area contributed by atoms with Crippen molar-refractivity contribution < 1.29 is 4.74 Å². The van der Waals surface area contributed by atoms with Gasteiger partial charge < -0.3 is 15.8 Å². The summed E-state index contributed by atoms with van der Waals surface area (Å²) in [6.07, 6.45) is 2.82. The molecular formula is C32H42N6O. The highest BCUT2D eigenvalue weighted by atomic mass is 16.5. The second kappa shape index (κ2) is 12.3. The molecule has 39 heavy (non-hydrogen) atoms. The number of rotatable bonds is 9. The number of hydrogen-bond acceptors (Lipinski definition) is 7. The third-order valence-electron chi connectivity index (χ3n) is 8.59. The lowest BCUT2D eigenvalue weighted by atomic mass is 9.98. The summed E-state index contributed by atoms with van der Waals surface area (Å²) in [5, 5.41) is 18.3. The van der Waals surface area contributed by atoms with Gasteiger partial charge in [0.2, 0.25) is 0 Å². The maximum atomic E-state index is 6.56. The minimum atomic E-state index is -0.147. The SMILES string of the molecule is CC(OCc1ccccc1)C(N)C1NCC(c2ccc(-c3ccc(C4CNC(C5CCCN5)N4)cc3)cc2)N1. The van der Waals surface area contributed by atoms with Crippen molar-refractivity contribution in [2.24, 2.45) is 5.73 Å². The lowest BCUT2D eigenvalue weighted by Crippen LogP contribution is -2.54. The molecule has 0 saturated carbocycles. The van der Waals surface area contributed by atoms with Gasteiger partial charge in [-0.05, 0) is 54.1 Å². The third kappa shape index (κ3) is 6.26. The summed E-state index contributed by atoms with van der Waals surface area (Å²) >= 11 is 0. The van der Waals surface area contributed by atoms with Gasteiger partial charge in [0.05, 0.1) is 31.1 Å². The number of benzene rings is 3. The molecule has 7 nitrogen and oxygen atoms in total. The van der Waals surface area contributed by atoms with E-state index in [9.17, 15) is 0 Å². The van der Waals surface area contributed by atoms with E-state index < -0.39 is 0 Å². The van der Waals surface area contributed by atoms with Crippen molar-refractivity contribution in [1.82, 2.24) is 26.6 Å². The maximum Gasteiger partial charge on any atom is 0.0759 e. The maximum absolute atomic E-state index is 6.56. The third-order valence-corrected chi connectivity index (χ3v) is 8.59. The lowest BCUT2D eigenvalue weighted by Gasteiger charge is -2.26. The normalized spacial score (nSPS) is 28.5. The van der Waals surface area contributed by atoms with Gasteiger partial charge in [0, 0.05) is 31.2 Å². The Morgan fingerprint density at radius 3 is 2.08 bits per heavy atom. The zero-order chi connectivity index (χ0) is 26.6. The van der Waals surface area contributed by atoms with E-state index in [1.54, 1.807) is 0 Å². The van der Waals surface area contributed by atoms with Crippen LogP contribution >= 0.6 is 0 Å². The van der Waals surface area contributed by atoms with E-state index in [0.717, 1.165) is 25.2 Å². The van der Waals surface area contributed by atoms with Crippen LogP contribution in [0.2, 0.25) is 0 Å². The first-order valence-electron chi connectivity index (χ1n) is 14.5. The molecule has 0 aliphatic carbocycles. The molecule has 3 aliphatic rings. The Labute approximate surface area is 232 Å². The predicted octanol–water partition coefficient (Wildman–Crippen LogP) is 3.16. The van der Waals surface area contributed by atoms with E-state index in [4.69, 9.17) is 10.5 Å². The molecule has 7 heteroatoms. The van der Waals surface area contributed by atoms with Crippen LogP contribution in [-0.2, 0) is 11.3 Å². The minimum Gasteiger partial charge on any atom is -0.372 e. The van der Waals surface area contributed by atoms with Crippen molar-refractivity contribution in [3.63, 3.8) is 0 Å². The van der Waals surface area contributed by atoms with Crippen LogP contribution in [0.15, 0.2) is 78.9 Å². The molecule has 0 bridgehead atoms. The summed E-state index contributed by atoms with van der Waals surface area (Å²) in [5.41, 5.74) is 12.8. The van der Waals surface area contributed by atoms with Gasteiger partial charge in [-0.3, -0.25) is 21.3 Å². The zero-order valence-corrected chi connectivity index (χ0v) is 22.8. The number of nitrogens with two attached hydrogens (primary N) is 1. The average Bonchev–Trinajstić information content (AvgIpc) is 3.78. The van der Waals surface area contributed by atoms with Crippen molar-refractivity contribution in [3.05, 3.63) is 95.6 Å².